The number of ether oxygens (including phenoxy) is 1. The van der Waals surface area contributed by atoms with Crippen LogP contribution in [0.4, 0.5) is 0 Å². The monoisotopic (exact) mass is 400 g/mol. The van der Waals surface area contributed by atoms with E-state index in [1.165, 1.54) is 11.1 Å². The molecule has 2 aromatic rings. The van der Waals surface area contributed by atoms with Gasteiger partial charge < -0.3 is 4.74 Å². The number of likely N-dealkylation sites (tertiary alicyclic amines) is 1. The van der Waals surface area contributed by atoms with Crippen molar-refractivity contribution in [3.05, 3.63) is 59.7 Å². The number of hydrogen-bond acceptors (Lipinski definition) is 4. The van der Waals surface area contributed by atoms with Crippen molar-refractivity contribution in [1.29, 1.82) is 0 Å². The molecule has 0 amide bonds. The van der Waals surface area contributed by atoms with E-state index in [1.807, 2.05) is 13.0 Å². The zero-order chi connectivity index (χ0) is 19.7. The Kier molecular flexibility index (Phi) is 5.45. The highest BCUT2D eigenvalue weighted by Crippen LogP contribution is 2.36. The summed E-state index contributed by atoms with van der Waals surface area (Å²) >= 11 is 0. The first kappa shape index (κ1) is 19.4. The molecule has 150 valence electrons. The summed E-state index contributed by atoms with van der Waals surface area (Å²) in [7, 11) is -3.55. The number of fused-ring (bicyclic) bond motifs is 2. The second kappa shape index (κ2) is 7.85. The van der Waals surface area contributed by atoms with Crippen molar-refractivity contribution < 1.29 is 13.2 Å². The number of nitrogens with zero attached hydrogens (tertiary/aromatic N) is 2. The molecule has 6 heteroatoms. The van der Waals surface area contributed by atoms with E-state index < -0.39 is 10.0 Å². The topological polar surface area (TPSA) is 49.9 Å². The summed E-state index contributed by atoms with van der Waals surface area (Å²) in [6.07, 6.45) is 1.47. The summed E-state index contributed by atoms with van der Waals surface area (Å²) in [5.41, 5.74) is 2.55. The van der Waals surface area contributed by atoms with Crippen molar-refractivity contribution in [2.24, 2.45) is 0 Å². The average Bonchev–Trinajstić information content (AvgIpc) is 2.92. The number of rotatable bonds is 3. The molecule has 0 bridgehead atoms. The van der Waals surface area contributed by atoms with Crippen LogP contribution in [0.25, 0.3) is 0 Å². The average molecular weight is 401 g/mol. The van der Waals surface area contributed by atoms with Gasteiger partial charge in [0.05, 0.1) is 6.04 Å². The molecule has 2 atom stereocenters. The Morgan fingerprint density at radius 1 is 1.04 bits per heavy atom. The molecule has 0 aromatic heterocycles. The van der Waals surface area contributed by atoms with Crippen LogP contribution in [-0.2, 0) is 16.6 Å². The number of para-hydroxylation sites is 1. The second-order valence-corrected chi connectivity index (χ2v) is 9.58. The number of sulfonamides is 1. The molecule has 2 aliphatic rings. The lowest BCUT2D eigenvalue weighted by Crippen LogP contribution is -2.46. The normalized spacial score (nSPS) is 25.1. The van der Waals surface area contributed by atoms with Gasteiger partial charge in [0, 0.05) is 26.2 Å². The van der Waals surface area contributed by atoms with Crippen molar-refractivity contribution >= 4 is 10.0 Å². The molecule has 28 heavy (non-hydrogen) atoms. The summed E-state index contributed by atoms with van der Waals surface area (Å²) < 4.78 is 34.4. The summed E-state index contributed by atoms with van der Waals surface area (Å²) in [6, 6.07) is 15.5. The lowest BCUT2D eigenvalue weighted by Gasteiger charge is -2.30. The molecule has 0 saturated carbocycles. The summed E-state index contributed by atoms with van der Waals surface area (Å²) in [5, 5.41) is 0. The Morgan fingerprint density at radius 3 is 2.50 bits per heavy atom. The third-order valence-corrected chi connectivity index (χ3v) is 7.86. The fourth-order valence-corrected chi connectivity index (χ4v) is 6.14. The van der Waals surface area contributed by atoms with E-state index in [2.05, 4.69) is 36.1 Å². The first-order valence-electron chi connectivity index (χ1n) is 10.0. The van der Waals surface area contributed by atoms with E-state index >= 15 is 0 Å². The third-order valence-electron chi connectivity index (χ3n) is 5.82. The Morgan fingerprint density at radius 2 is 1.75 bits per heavy atom. The maximum absolute atomic E-state index is 13.3. The fourth-order valence-electron chi connectivity index (χ4n) is 4.32. The van der Waals surface area contributed by atoms with Gasteiger partial charge in [0.15, 0.2) is 0 Å². The van der Waals surface area contributed by atoms with Crippen molar-refractivity contribution in [1.82, 2.24) is 9.21 Å². The van der Waals surface area contributed by atoms with Gasteiger partial charge in [-0.05, 0) is 37.5 Å². The molecule has 4 rings (SSSR count). The molecule has 1 saturated heterocycles. The minimum absolute atomic E-state index is 0.124. The van der Waals surface area contributed by atoms with Crippen LogP contribution in [0.3, 0.4) is 0 Å². The minimum Gasteiger partial charge on any atom is -0.487 e. The van der Waals surface area contributed by atoms with Gasteiger partial charge in [-0.2, -0.15) is 4.31 Å². The van der Waals surface area contributed by atoms with Crippen molar-refractivity contribution in [3.63, 3.8) is 0 Å². The van der Waals surface area contributed by atoms with Crippen LogP contribution in [-0.4, -0.2) is 49.4 Å². The highest BCUT2D eigenvalue weighted by molar-refractivity contribution is 7.89. The molecule has 2 aromatic carbocycles. The maximum atomic E-state index is 13.3. The molecule has 2 heterocycles. The lowest BCUT2D eigenvalue weighted by molar-refractivity contribution is 0.115. The predicted molar refractivity (Wildman–Crippen MR) is 110 cm³/mol. The van der Waals surface area contributed by atoms with Gasteiger partial charge in [-0.15, -0.1) is 0 Å². The van der Waals surface area contributed by atoms with Crippen LogP contribution < -0.4 is 4.74 Å². The Bertz CT molecular complexity index is 927. The van der Waals surface area contributed by atoms with Gasteiger partial charge in [-0.1, -0.05) is 48.9 Å². The third kappa shape index (κ3) is 3.69. The molecule has 0 spiro atoms. The van der Waals surface area contributed by atoms with Crippen LogP contribution >= 0.6 is 0 Å². The summed E-state index contributed by atoms with van der Waals surface area (Å²) in [4.78, 5) is 2.70. The fraction of sp³-hybridized carbons (Fsp3) is 0.455. The number of hydrogen-bond donors (Lipinski definition) is 0. The zero-order valence-corrected chi connectivity index (χ0v) is 17.4. The van der Waals surface area contributed by atoms with E-state index in [-0.39, 0.29) is 12.1 Å². The smallest absolute Gasteiger partial charge is 0.247 e. The Hall–Kier alpha value is -1.89. The van der Waals surface area contributed by atoms with Crippen LogP contribution in [0.1, 0.15) is 30.9 Å². The molecule has 0 N–H and O–H groups in total. The SMILES string of the molecule is CCN1[C@@H]2CCN(Cc3ccc(C)cc3)CC[C@H]2Oc2ccccc2S1(=O)=O. The van der Waals surface area contributed by atoms with E-state index in [0.717, 1.165) is 32.5 Å². The molecule has 5 nitrogen and oxygen atoms in total. The second-order valence-electron chi connectivity index (χ2n) is 7.72. The van der Waals surface area contributed by atoms with E-state index in [4.69, 9.17) is 4.74 Å². The quantitative estimate of drug-likeness (QED) is 0.792. The van der Waals surface area contributed by atoms with Gasteiger partial charge in [-0.25, -0.2) is 8.42 Å². The standard InChI is InChI=1S/C22H28N2O3S/c1-3-24-19-12-14-23(16-18-10-8-17(2)9-11-18)15-13-20(19)27-21-6-4-5-7-22(21)28(24,25)26/h4-11,19-20H,3,12-16H2,1-2H3/t19-,20-/m1/s1. The van der Waals surface area contributed by atoms with Gasteiger partial charge in [0.2, 0.25) is 10.0 Å². The van der Waals surface area contributed by atoms with Crippen LogP contribution in [0.15, 0.2) is 53.4 Å². The van der Waals surface area contributed by atoms with E-state index in [9.17, 15) is 8.42 Å². The van der Waals surface area contributed by atoms with Gasteiger partial charge in [0.1, 0.15) is 16.7 Å². The van der Waals surface area contributed by atoms with Gasteiger partial charge in [0.25, 0.3) is 0 Å². The molecular weight excluding hydrogens is 372 g/mol. The molecular formula is C22H28N2O3S. The van der Waals surface area contributed by atoms with Crippen LogP contribution in [0.5, 0.6) is 5.75 Å². The van der Waals surface area contributed by atoms with Crippen LogP contribution in [0.2, 0.25) is 0 Å². The molecule has 1 fully saturated rings. The number of aryl methyl sites for hydroxylation is 1. The minimum atomic E-state index is -3.55. The number of likely N-dealkylation sites (N-methyl/N-ethyl adjacent to an activating group) is 1. The van der Waals surface area contributed by atoms with Gasteiger partial charge in [-0.3, -0.25) is 4.90 Å². The van der Waals surface area contributed by atoms with Crippen molar-refractivity contribution in [2.45, 2.75) is 50.3 Å². The Labute approximate surface area is 168 Å². The van der Waals surface area contributed by atoms with Gasteiger partial charge >= 0.3 is 0 Å². The maximum Gasteiger partial charge on any atom is 0.247 e. The van der Waals surface area contributed by atoms with Crippen molar-refractivity contribution in [3.8, 4) is 5.75 Å². The zero-order valence-electron chi connectivity index (χ0n) is 16.5. The first-order valence-corrected chi connectivity index (χ1v) is 11.5. The molecule has 0 aliphatic carbocycles. The molecule has 2 aliphatic heterocycles. The van der Waals surface area contributed by atoms with Crippen LogP contribution in [0, 0.1) is 6.92 Å². The lowest BCUT2D eigenvalue weighted by atomic mass is 10.1. The largest absolute Gasteiger partial charge is 0.487 e. The summed E-state index contributed by atoms with van der Waals surface area (Å²) in [6.45, 7) is 7.11. The first-order chi connectivity index (χ1) is 13.5. The highest BCUT2D eigenvalue weighted by Gasteiger charge is 2.42. The van der Waals surface area contributed by atoms with E-state index in [0.29, 0.717) is 17.2 Å². The molecule has 0 radical (unpaired) electrons. The summed E-state index contributed by atoms with van der Waals surface area (Å²) in [5.74, 6) is 0.487. The number of benzene rings is 2. The Balaban J connectivity index is 1.58. The van der Waals surface area contributed by atoms with E-state index in [1.54, 1.807) is 22.5 Å². The highest BCUT2D eigenvalue weighted by atomic mass is 32.2. The molecule has 0 unspecified atom stereocenters. The predicted octanol–water partition coefficient (Wildman–Crippen LogP) is 3.43. The van der Waals surface area contributed by atoms with Crippen molar-refractivity contribution in [2.75, 3.05) is 19.6 Å².